The van der Waals surface area contributed by atoms with Crippen molar-refractivity contribution in [2.75, 3.05) is 20.8 Å². The fourth-order valence-corrected chi connectivity index (χ4v) is 1.30. The van der Waals surface area contributed by atoms with E-state index in [1.165, 1.54) is 25.0 Å². The van der Waals surface area contributed by atoms with Crippen molar-refractivity contribution >= 4 is 11.9 Å². The van der Waals surface area contributed by atoms with Crippen LogP contribution in [0.4, 0.5) is 0 Å². The number of carbonyl (C=O) groups excluding carboxylic acids is 1. The second-order valence-corrected chi connectivity index (χ2v) is 3.47. The van der Waals surface area contributed by atoms with Crippen molar-refractivity contribution < 1.29 is 24.2 Å². The van der Waals surface area contributed by atoms with Crippen molar-refractivity contribution in [3.05, 3.63) is 11.8 Å². The number of rotatable bonds is 6. The predicted octanol–water partition coefficient (Wildman–Crippen LogP) is -0.742. The van der Waals surface area contributed by atoms with Crippen molar-refractivity contribution in [2.45, 2.75) is 6.10 Å². The molecule has 1 rings (SSSR count). The van der Waals surface area contributed by atoms with Crippen molar-refractivity contribution in [2.24, 2.45) is 7.05 Å². The highest BCUT2D eigenvalue weighted by molar-refractivity contribution is 5.92. The van der Waals surface area contributed by atoms with E-state index >= 15 is 0 Å². The van der Waals surface area contributed by atoms with Gasteiger partial charge in [0.15, 0.2) is 11.8 Å². The molecule has 0 radical (unpaired) electrons. The van der Waals surface area contributed by atoms with Gasteiger partial charge >= 0.3 is 5.97 Å². The van der Waals surface area contributed by atoms with Crippen molar-refractivity contribution in [1.82, 2.24) is 15.1 Å². The van der Waals surface area contributed by atoms with Crippen molar-refractivity contribution in [3.8, 4) is 5.88 Å². The van der Waals surface area contributed by atoms with Gasteiger partial charge in [0.25, 0.3) is 5.91 Å². The Bertz CT molecular complexity index is 443. The average Bonchev–Trinajstić information content (AvgIpc) is 2.70. The number of carbonyl (C=O) groups is 2. The van der Waals surface area contributed by atoms with Crippen LogP contribution >= 0.6 is 0 Å². The minimum Gasteiger partial charge on any atom is -0.481 e. The number of hydrogen-bond donors (Lipinski definition) is 2. The Morgan fingerprint density at radius 1 is 1.56 bits per heavy atom. The fraction of sp³-hybridized carbons (Fsp3) is 0.500. The number of aliphatic carboxylic acids is 1. The van der Waals surface area contributed by atoms with Crippen LogP contribution in [0.25, 0.3) is 0 Å². The average molecular weight is 257 g/mol. The Kier molecular flexibility index (Phi) is 4.67. The minimum absolute atomic E-state index is 0.135. The van der Waals surface area contributed by atoms with Gasteiger partial charge in [0.1, 0.15) is 0 Å². The normalized spacial score (nSPS) is 11.9. The van der Waals surface area contributed by atoms with Gasteiger partial charge in [0.2, 0.25) is 5.88 Å². The summed E-state index contributed by atoms with van der Waals surface area (Å²) in [6, 6.07) is 1.46. The van der Waals surface area contributed by atoms with E-state index < -0.39 is 18.0 Å². The molecule has 1 aromatic rings. The number of nitrogens with one attached hydrogen (secondary N) is 1. The third-order valence-electron chi connectivity index (χ3n) is 2.29. The largest absolute Gasteiger partial charge is 0.481 e. The number of methoxy groups -OCH3 is 2. The van der Waals surface area contributed by atoms with Crippen LogP contribution in [-0.4, -0.2) is 53.6 Å². The van der Waals surface area contributed by atoms with E-state index in [1.54, 1.807) is 7.05 Å². The zero-order valence-electron chi connectivity index (χ0n) is 10.3. The summed E-state index contributed by atoms with van der Waals surface area (Å²) in [5.74, 6) is -1.20. The number of hydrogen-bond acceptors (Lipinski definition) is 5. The van der Waals surface area contributed by atoms with Crippen molar-refractivity contribution in [1.29, 1.82) is 0 Å². The summed E-state index contributed by atoms with van der Waals surface area (Å²) in [6.45, 7) is -0.135. The van der Waals surface area contributed by atoms with Gasteiger partial charge in [0.05, 0.1) is 13.7 Å². The van der Waals surface area contributed by atoms with Crippen LogP contribution < -0.4 is 10.1 Å². The molecule has 100 valence electrons. The molecule has 0 fully saturated rings. The fourth-order valence-electron chi connectivity index (χ4n) is 1.30. The van der Waals surface area contributed by atoms with Crippen LogP contribution in [0.2, 0.25) is 0 Å². The number of nitrogens with zero attached hydrogens (tertiary/aromatic N) is 2. The summed E-state index contributed by atoms with van der Waals surface area (Å²) in [5, 5.41) is 15.1. The topological polar surface area (TPSA) is 103 Å². The van der Waals surface area contributed by atoms with Crippen LogP contribution in [-0.2, 0) is 16.6 Å². The molecule has 1 heterocycles. The summed E-state index contributed by atoms with van der Waals surface area (Å²) >= 11 is 0. The van der Waals surface area contributed by atoms with E-state index in [1.807, 2.05) is 0 Å². The summed E-state index contributed by atoms with van der Waals surface area (Å²) < 4.78 is 11.0. The molecule has 0 aliphatic carbocycles. The van der Waals surface area contributed by atoms with E-state index in [2.05, 4.69) is 15.2 Å². The standard InChI is InChI=1S/C10H15N3O5/c1-13-8(18-3)4-6(12-13)9(14)11-5-7(17-2)10(15)16/h4,7H,5H2,1-3H3,(H,11,14)(H,15,16). The number of ether oxygens (including phenoxy) is 2. The van der Waals surface area contributed by atoms with Gasteiger partial charge in [0, 0.05) is 20.2 Å². The van der Waals surface area contributed by atoms with Gasteiger partial charge < -0.3 is 19.9 Å². The van der Waals surface area contributed by atoms with E-state index in [0.717, 1.165) is 0 Å². The lowest BCUT2D eigenvalue weighted by molar-refractivity contribution is -0.148. The molecule has 1 atom stereocenters. The van der Waals surface area contributed by atoms with Crippen molar-refractivity contribution in [3.63, 3.8) is 0 Å². The molecule has 1 aromatic heterocycles. The third kappa shape index (κ3) is 3.20. The number of carboxylic acid groups (broad SMARTS) is 1. The molecular weight excluding hydrogens is 242 g/mol. The minimum atomic E-state index is -1.14. The molecule has 0 spiro atoms. The number of aromatic nitrogens is 2. The number of aryl methyl sites for hydroxylation is 1. The first-order valence-corrected chi connectivity index (χ1v) is 5.11. The smallest absolute Gasteiger partial charge is 0.334 e. The Morgan fingerprint density at radius 2 is 2.22 bits per heavy atom. The molecule has 18 heavy (non-hydrogen) atoms. The zero-order valence-corrected chi connectivity index (χ0v) is 10.3. The van der Waals surface area contributed by atoms with Gasteiger partial charge in [-0.1, -0.05) is 0 Å². The summed E-state index contributed by atoms with van der Waals surface area (Å²) in [7, 11) is 4.35. The first-order chi connectivity index (χ1) is 8.49. The summed E-state index contributed by atoms with van der Waals surface area (Å²) in [5.41, 5.74) is 0.148. The van der Waals surface area contributed by atoms with Gasteiger partial charge in [-0.2, -0.15) is 5.10 Å². The maximum atomic E-state index is 11.7. The molecule has 8 heteroatoms. The molecule has 0 saturated carbocycles. The quantitative estimate of drug-likeness (QED) is 0.695. The molecule has 0 aliphatic rings. The highest BCUT2D eigenvalue weighted by atomic mass is 16.5. The SMILES string of the molecule is COc1cc(C(=O)NCC(OC)C(=O)O)nn1C. The number of carboxylic acids is 1. The molecular formula is C10H15N3O5. The zero-order chi connectivity index (χ0) is 13.7. The molecule has 1 unspecified atom stereocenters. The first kappa shape index (κ1) is 14.0. The predicted molar refractivity (Wildman–Crippen MR) is 60.5 cm³/mol. The second-order valence-electron chi connectivity index (χ2n) is 3.47. The Balaban J connectivity index is 2.62. The van der Waals surface area contributed by atoms with Gasteiger partial charge in [-0.05, 0) is 0 Å². The summed E-state index contributed by atoms with van der Waals surface area (Å²) in [6.07, 6.45) is -1.08. The Hall–Kier alpha value is -2.09. The van der Waals surface area contributed by atoms with E-state index in [0.29, 0.717) is 5.88 Å². The Morgan fingerprint density at radius 3 is 2.67 bits per heavy atom. The lowest BCUT2D eigenvalue weighted by Crippen LogP contribution is -2.38. The van der Waals surface area contributed by atoms with Crippen LogP contribution in [0.5, 0.6) is 5.88 Å². The van der Waals surface area contributed by atoms with E-state index in [-0.39, 0.29) is 12.2 Å². The third-order valence-corrected chi connectivity index (χ3v) is 2.29. The molecule has 1 amide bonds. The lowest BCUT2D eigenvalue weighted by Gasteiger charge is -2.10. The van der Waals surface area contributed by atoms with Gasteiger partial charge in [-0.3, -0.25) is 4.79 Å². The molecule has 0 saturated heterocycles. The maximum absolute atomic E-state index is 11.7. The molecule has 8 nitrogen and oxygen atoms in total. The second kappa shape index (κ2) is 6.01. The highest BCUT2D eigenvalue weighted by Crippen LogP contribution is 2.10. The Labute approximate surface area is 103 Å². The van der Waals surface area contributed by atoms with Gasteiger partial charge in [-0.15, -0.1) is 0 Å². The molecule has 0 aromatic carbocycles. The molecule has 0 aliphatic heterocycles. The molecule has 0 bridgehead atoms. The highest BCUT2D eigenvalue weighted by Gasteiger charge is 2.19. The maximum Gasteiger partial charge on any atom is 0.334 e. The monoisotopic (exact) mass is 257 g/mol. The lowest BCUT2D eigenvalue weighted by atomic mass is 10.3. The van der Waals surface area contributed by atoms with Crippen LogP contribution in [0, 0.1) is 0 Å². The van der Waals surface area contributed by atoms with E-state index in [4.69, 9.17) is 9.84 Å². The summed E-state index contributed by atoms with van der Waals surface area (Å²) in [4.78, 5) is 22.3. The number of amides is 1. The van der Waals surface area contributed by atoms with Crippen LogP contribution in [0.15, 0.2) is 6.07 Å². The van der Waals surface area contributed by atoms with Crippen LogP contribution in [0.1, 0.15) is 10.5 Å². The van der Waals surface area contributed by atoms with E-state index in [9.17, 15) is 9.59 Å². The molecule has 2 N–H and O–H groups in total. The van der Waals surface area contributed by atoms with Gasteiger partial charge in [-0.25, -0.2) is 9.48 Å². The van der Waals surface area contributed by atoms with Crippen LogP contribution in [0.3, 0.4) is 0 Å². The first-order valence-electron chi connectivity index (χ1n) is 5.11.